The maximum atomic E-state index is 14.0. The Hall–Kier alpha value is -2.04. The second kappa shape index (κ2) is 12.0. The van der Waals surface area contributed by atoms with Crippen LogP contribution in [0.4, 0.5) is 8.78 Å². The number of nitrogens with one attached hydrogen (secondary N) is 1. The van der Waals surface area contributed by atoms with Gasteiger partial charge in [-0.15, -0.1) is 36.2 Å². The zero-order valence-corrected chi connectivity index (χ0v) is 22.2. The molecule has 36 heavy (non-hydrogen) atoms. The Morgan fingerprint density at radius 2 is 1.81 bits per heavy atom. The van der Waals surface area contributed by atoms with Crippen molar-refractivity contribution in [2.45, 2.75) is 44.8 Å². The van der Waals surface area contributed by atoms with E-state index in [9.17, 15) is 18.4 Å². The fourth-order valence-corrected chi connectivity index (χ4v) is 5.78. The van der Waals surface area contributed by atoms with Gasteiger partial charge in [0.15, 0.2) is 0 Å². The normalized spacial score (nSPS) is 16.4. The number of piperidine rings is 1. The fourth-order valence-electron chi connectivity index (χ4n) is 4.42. The van der Waals surface area contributed by atoms with E-state index >= 15 is 0 Å². The lowest BCUT2D eigenvalue weighted by Gasteiger charge is -2.26. The molecule has 0 bridgehead atoms. The van der Waals surface area contributed by atoms with Gasteiger partial charge in [0.05, 0.1) is 22.3 Å². The van der Waals surface area contributed by atoms with Crippen LogP contribution in [0.15, 0.2) is 30.5 Å². The number of rotatable bonds is 6. The molecule has 0 unspecified atom stereocenters. The summed E-state index contributed by atoms with van der Waals surface area (Å²) in [5, 5.41) is 3.44. The average molecular weight is 579 g/mol. The first-order valence-electron chi connectivity index (χ1n) is 11.1. The van der Waals surface area contributed by atoms with Crippen LogP contribution in [0.3, 0.4) is 0 Å². The van der Waals surface area contributed by atoms with E-state index in [2.05, 4.69) is 10.3 Å². The van der Waals surface area contributed by atoms with Gasteiger partial charge in [-0.05, 0) is 50.2 Å². The molecule has 2 fully saturated rings. The molecule has 3 aromatic rings. The molecule has 12 heteroatoms. The summed E-state index contributed by atoms with van der Waals surface area (Å²) in [6.07, 6.45) is 0.569. The Balaban J connectivity index is 0.00000180. The molecule has 4 heterocycles. The molecule has 0 spiro atoms. The van der Waals surface area contributed by atoms with Crippen LogP contribution in [0.2, 0.25) is 5.02 Å². The number of pyridine rings is 1. The summed E-state index contributed by atoms with van der Waals surface area (Å²) in [6, 6.07) is 6.49. The molecule has 6 nitrogen and oxygen atoms in total. The predicted octanol–water partition coefficient (Wildman–Crippen LogP) is 6.18. The fraction of sp³-hybridized carbons (Fsp3) is 0.375. The summed E-state index contributed by atoms with van der Waals surface area (Å²) >= 11 is 7.65. The number of ether oxygens (including phenoxy) is 1. The van der Waals surface area contributed by atoms with Crippen LogP contribution < -0.4 is 10.1 Å². The highest BCUT2D eigenvalue weighted by molar-refractivity contribution is 7.19. The van der Waals surface area contributed by atoms with E-state index < -0.39 is 6.43 Å². The zero-order valence-electron chi connectivity index (χ0n) is 19.0. The SMILES string of the molecule is Cl.Cl.O=C1CCC(=O)N1Cc1cc2nccc(-c3cc(Cl)cc(C(F)F)c3OC3CCNCC3)c2s1. The number of aromatic nitrogens is 1. The minimum absolute atomic E-state index is 0. The van der Waals surface area contributed by atoms with Crippen molar-refractivity contribution >= 4 is 69.8 Å². The Kier molecular flexibility index (Phi) is 9.51. The van der Waals surface area contributed by atoms with Crippen LogP contribution in [0.25, 0.3) is 21.3 Å². The van der Waals surface area contributed by atoms with Crippen molar-refractivity contribution < 1.29 is 23.1 Å². The van der Waals surface area contributed by atoms with Gasteiger partial charge in [0.1, 0.15) is 11.9 Å². The maximum absolute atomic E-state index is 14.0. The largest absolute Gasteiger partial charge is 0.489 e. The van der Waals surface area contributed by atoms with E-state index in [1.807, 2.05) is 6.07 Å². The van der Waals surface area contributed by atoms with E-state index in [1.54, 1.807) is 18.3 Å². The Labute approximate surface area is 228 Å². The first-order valence-corrected chi connectivity index (χ1v) is 12.3. The van der Waals surface area contributed by atoms with Crippen molar-refractivity contribution in [3.05, 3.63) is 45.9 Å². The molecule has 2 aliphatic rings. The molecule has 5 rings (SSSR count). The summed E-state index contributed by atoms with van der Waals surface area (Å²) in [5.41, 5.74) is 1.57. The van der Waals surface area contributed by atoms with Crippen molar-refractivity contribution in [1.82, 2.24) is 15.2 Å². The van der Waals surface area contributed by atoms with E-state index in [0.29, 0.717) is 16.6 Å². The van der Waals surface area contributed by atoms with Gasteiger partial charge in [0, 0.05) is 40.1 Å². The highest BCUT2D eigenvalue weighted by atomic mass is 35.5. The second-order valence-corrected chi connectivity index (χ2v) is 9.97. The van der Waals surface area contributed by atoms with E-state index in [-0.39, 0.29) is 78.5 Å². The predicted molar refractivity (Wildman–Crippen MR) is 141 cm³/mol. The molecule has 194 valence electrons. The third kappa shape index (κ3) is 5.75. The molecule has 2 amide bonds. The lowest BCUT2D eigenvalue weighted by Crippen LogP contribution is -2.34. The van der Waals surface area contributed by atoms with Gasteiger partial charge in [-0.25, -0.2) is 8.78 Å². The van der Waals surface area contributed by atoms with Gasteiger partial charge >= 0.3 is 0 Å². The number of imide groups is 1. The van der Waals surface area contributed by atoms with Gasteiger partial charge in [0.25, 0.3) is 6.43 Å². The van der Waals surface area contributed by atoms with Crippen molar-refractivity contribution in [3.8, 4) is 16.9 Å². The summed E-state index contributed by atoms with van der Waals surface area (Å²) in [6.45, 7) is 1.70. The third-order valence-corrected chi connectivity index (χ3v) is 7.47. The van der Waals surface area contributed by atoms with E-state index in [1.165, 1.54) is 22.3 Å². The van der Waals surface area contributed by atoms with E-state index in [0.717, 1.165) is 35.5 Å². The molecular weight excluding hydrogens is 555 g/mol. The minimum Gasteiger partial charge on any atom is -0.489 e. The van der Waals surface area contributed by atoms with Gasteiger partial charge < -0.3 is 10.1 Å². The second-order valence-electron chi connectivity index (χ2n) is 8.40. The average Bonchev–Trinajstić information content (AvgIpc) is 3.38. The summed E-state index contributed by atoms with van der Waals surface area (Å²) in [4.78, 5) is 30.6. The first-order chi connectivity index (χ1) is 16.4. The van der Waals surface area contributed by atoms with Gasteiger partial charge in [0.2, 0.25) is 11.8 Å². The van der Waals surface area contributed by atoms with Crippen molar-refractivity contribution in [3.63, 3.8) is 0 Å². The quantitative estimate of drug-likeness (QED) is 0.354. The Bertz CT molecular complexity index is 1250. The number of thiophene rings is 1. The Morgan fingerprint density at radius 3 is 2.47 bits per heavy atom. The van der Waals surface area contributed by atoms with Gasteiger partial charge in [-0.3, -0.25) is 19.5 Å². The Morgan fingerprint density at radius 1 is 1.11 bits per heavy atom. The number of carbonyl (C=O) groups excluding carboxylic acids is 2. The topological polar surface area (TPSA) is 71.5 Å². The van der Waals surface area contributed by atoms with Crippen molar-refractivity contribution in [1.29, 1.82) is 0 Å². The molecule has 0 aliphatic carbocycles. The summed E-state index contributed by atoms with van der Waals surface area (Å²) in [7, 11) is 0. The molecule has 0 radical (unpaired) electrons. The molecule has 1 N–H and O–H groups in total. The molecule has 2 saturated heterocycles. The smallest absolute Gasteiger partial charge is 0.267 e. The van der Waals surface area contributed by atoms with Gasteiger partial charge in [-0.2, -0.15) is 0 Å². The number of hydrogen-bond acceptors (Lipinski definition) is 6. The number of likely N-dealkylation sites (tertiary alicyclic amines) is 1. The number of carbonyl (C=O) groups is 2. The molecule has 2 aliphatic heterocycles. The van der Waals surface area contributed by atoms with Crippen LogP contribution in [-0.4, -0.2) is 40.9 Å². The van der Waals surface area contributed by atoms with Crippen LogP contribution in [0, 0.1) is 0 Å². The van der Waals surface area contributed by atoms with Crippen molar-refractivity contribution in [2.75, 3.05) is 13.1 Å². The summed E-state index contributed by atoms with van der Waals surface area (Å²) < 4.78 is 35.0. The monoisotopic (exact) mass is 577 g/mol. The molecule has 0 atom stereocenters. The van der Waals surface area contributed by atoms with Crippen LogP contribution in [-0.2, 0) is 16.1 Å². The van der Waals surface area contributed by atoms with Crippen LogP contribution in [0.5, 0.6) is 5.75 Å². The standard InChI is InChI=1S/C24H22ClF2N3O3S.2ClH/c25-13-9-17(22(18(10-13)24(26)27)33-14-3-6-28-7-4-14)16-5-8-29-19-11-15(34-23(16)19)12-30-20(31)1-2-21(30)32;;/h5,8-11,14,24,28H,1-4,6-7,12H2;2*1H. The van der Waals surface area contributed by atoms with E-state index in [4.69, 9.17) is 16.3 Å². The number of alkyl halides is 2. The maximum Gasteiger partial charge on any atom is 0.267 e. The van der Waals surface area contributed by atoms with Crippen LogP contribution in [0.1, 0.15) is 42.5 Å². The number of fused-ring (bicyclic) bond motifs is 1. The number of nitrogens with zero attached hydrogens (tertiary/aromatic N) is 2. The van der Waals surface area contributed by atoms with Crippen LogP contribution >= 0.6 is 47.8 Å². The number of halogens is 5. The lowest BCUT2D eigenvalue weighted by molar-refractivity contribution is -0.138. The molecular formula is C24H24Cl3F2N3O3S. The highest BCUT2D eigenvalue weighted by Crippen LogP contribution is 2.45. The lowest BCUT2D eigenvalue weighted by atomic mass is 10.0. The number of amides is 2. The first kappa shape index (κ1) is 28.5. The molecule has 1 aromatic carbocycles. The number of benzene rings is 1. The third-order valence-electron chi connectivity index (χ3n) is 6.11. The zero-order chi connectivity index (χ0) is 23.8. The minimum atomic E-state index is -2.75. The number of hydrogen-bond donors (Lipinski definition) is 1. The van der Waals surface area contributed by atoms with Crippen molar-refractivity contribution in [2.24, 2.45) is 0 Å². The van der Waals surface area contributed by atoms with Gasteiger partial charge in [-0.1, -0.05) is 11.6 Å². The summed E-state index contributed by atoms with van der Waals surface area (Å²) in [5.74, 6) is -0.243. The molecule has 0 saturated carbocycles. The highest BCUT2D eigenvalue weighted by Gasteiger charge is 2.30. The molecule has 2 aromatic heterocycles.